The zero-order chi connectivity index (χ0) is 50.3. The highest BCUT2D eigenvalue weighted by atomic mass is 15.2. The molecule has 0 spiro atoms. The number of fused-ring (bicyclic) bond motifs is 5. The third-order valence-electron chi connectivity index (χ3n) is 15.2. The molecule has 0 aromatic heterocycles. The normalized spacial score (nSPS) is 12.9. The summed E-state index contributed by atoms with van der Waals surface area (Å²) < 4.78 is 0. The molecule has 0 saturated carbocycles. The summed E-state index contributed by atoms with van der Waals surface area (Å²) in [5.74, 6) is 0. The first kappa shape index (κ1) is 45.5. The summed E-state index contributed by atoms with van der Waals surface area (Å²) in [6.45, 7) is 4.77. The number of nitrogens with zero attached hydrogens (tertiary/aromatic N) is 4. The van der Waals surface area contributed by atoms with Crippen LogP contribution in [-0.4, -0.2) is 0 Å². The van der Waals surface area contributed by atoms with Crippen LogP contribution in [0.2, 0.25) is 0 Å². The van der Waals surface area contributed by atoms with E-state index in [1.807, 2.05) is 0 Å². The minimum atomic E-state index is -0.288. The van der Waals surface area contributed by atoms with Gasteiger partial charge in [0.25, 0.3) is 0 Å². The zero-order valence-corrected chi connectivity index (χ0v) is 42.3. The molecule has 11 aromatic rings. The average Bonchev–Trinajstić information content (AvgIpc) is 3.79. The Bertz CT molecular complexity index is 3840. The van der Waals surface area contributed by atoms with Crippen LogP contribution in [0.25, 0.3) is 28.0 Å². The standard InChI is InChI=1S/C71H56N4/c1-71(2)67-49-61(72(53-25-7-3-8-26-53)57-37-41-59(42-38-57)74(55-29-11-5-12-30-55)69-35-19-23-51-21-15-17-33-63(51)69)45-47-65(67)66-48-46-62(50-68(66)71)73(54-27-9-4-10-28-54)58-39-43-60(44-40-58)75(56-31-13-6-14-32-56)70-36-20-24-52-22-16-18-34-64(52)70/h3-15,17-21,23-50H,16,22H2,1-2H3. The summed E-state index contributed by atoms with van der Waals surface area (Å²) >= 11 is 0. The molecule has 13 rings (SSSR count). The fraction of sp³-hybridized carbons (Fsp3) is 0.0704. The van der Waals surface area contributed by atoms with Gasteiger partial charge in [-0.2, -0.15) is 0 Å². The Morgan fingerprint density at radius 1 is 0.320 bits per heavy atom. The second-order valence-corrected chi connectivity index (χ2v) is 20.1. The Labute approximate surface area is 441 Å². The van der Waals surface area contributed by atoms with Crippen LogP contribution in [0.3, 0.4) is 0 Å². The van der Waals surface area contributed by atoms with Gasteiger partial charge in [0.15, 0.2) is 0 Å². The number of hydrogen-bond donors (Lipinski definition) is 0. The van der Waals surface area contributed by atoms with E-state index in [9.17, 15) is 0 Å². The largest absolute Gasteiger partial charge is 0.310 e. The van der Waals surface area contributed by atoms with Crippen LogP contribution in [0.1, 0.15) is 42.5 Å². The number of allylic oxidation sites excluding steroid dienone is 1. The molecular formula is C71H56N4. The lowest BCUT2D eigenvalue weighted by Crippen LogP contribution is -2.18. The molecule has 0 fully saturated rings. The van der Waals surface area contributed by atoms with Gasteiger partial charge in [-0.25, -0.2) is 0 Å². The van der Waals surface area contributed by atoms with Gasteiger partial charge in [-0.05, 0) is 180 Å². The first-order chi connectivity index (χ1) is 37.0. The topological polar surface area (TPSA) is 13.0 Å². The van der Waals surface area contributed by atoms with E-state index >= 15 is 0 Å². The molecular weight excluding hydrogens is 909 g/mol. The van der Waals surface area contributed by atoms with Gasteiger partial charge in [-0.3, -0.25) is 0 Å². The predicted molar refractivity (Wildman–Crippen MR) is 318 cm³/mol. The zero-order valence-electron chi connectivity index (χ0n) is 42.3. The van der Waals surface area contributed by atoms with E-state index in [0.717, 1.165) is 75.4 Å². The van der Waals surface area contributed by atoms with Crippen molar-refractivity contribution in [2.75, 3.05) is 19.6 Å². The van der Waals surface area contributed by atoms with Gasteiger partial charge >= 0.3 is 0 Å². The maximum atomic E-state index is 2.43. The van der Waals surface area contributed by atoms with Crippen molar-refractivity contribution in [1.82, 2.24) is 0 Å². The van der Waals surface area contributed by atoms with Crippen molar-refractivity contribution in [2.45, 2.75) is 32.1 Å². The predicted octanol–water partition coefficient (Wildman–Crippen LogP) is 20.0. The van der Waals surface area contributed by atoms with E-state index in [1.54, 1.807) is 0 Å². The van der Waals surface area contributed by atoms with Crippen LogP contribution < -0.4 is 19.6 Å². The van der Waals surface area contributed by atoms with Crippen molar-refractivity contribution in [3.05, 3.63) is 295 Å². The third kappa shape index (κ3) is 8.31. The number of rotatable bonds is 12. The number of para-hydroxylation sites is 4. The first-order valence-electron chi connectivity index (χ1n) is 26.1. The lowest BCUT2D eigenvalue weighted by atomic mass is 9.82. The number of benzene rings is 11. The molecule has 0 radical (unpaired) electrons. The fourth-order valence-electron chi connectivity index (χ4n) is 11.6. The van der Waals surface area contributed by atoms with E-state index in [0.29, 0.717) is 0 Å². The molecule has 0 unspecified atom stereocenters. The fourth-order valence-corrected chi connectivity index (χ4v) is 11.6. The van der Waals surface area contributed by atoms with Crippen LogP contribution in [-0.2, 0) is 11.8 Å². The Morgan fingerprint density at radius 3 is 1.20 bits per heavy atom. The minimum Gasteiger partial charge on any atom is -0.310 e. The summed E-state index contributed by atoms with van der Waals surface area (Å²) in [4.78, 5) is 9.55. The van der Waals surface area contributed by atoms with Crippen molar-refractivity contribution in [1.29, 1.82) is 0 Å². The SMILES string of the molecule is CC1(C)c2cc(N(c3ccccc3)c3ccc(N(c4ccccc4)c4cccc5c4C=CCC5)cc3)ccc2-c2ccc(N(c3ccccc3)c3ccc(N(c4ccccc4)c4cccc5ccccc45)cc3)cc21. The molecule has 0 heterocycles. The summed E-state index contributed by atoms with van der Waals surface area (Å²) in [5.41, 5.74) is 21.0. The molecule has 2 aliphatic carbocycles. The Morgan fingerprint density at radius 2 is 0.693 bits per heavy atom. The molecule has 0 N–H and O–H groups in total. The Balaban J connectivity index is 0.855. The lowest BCUT2D eigenvalue weighted by Gasteiger charge is -2.31. The van der Waals surface area contributed by atoms with Gasteiger partial charge in [-0.1, -0.05) is 159 Å². The van der Waals surface area contributed by atoms with Gasteiger partial charge in [0.1, 0.15) is 0 Å². The summed E-state index contributed by atoms with van der Waals surface area (Å²) in [5, 5.41) is 2.42. The molecule has 4 nitrogen and oxygen atoms in total. The second-order valence-electron chi connectivity index (χ2n) is 20.1. The molecule has 2 aliphatic rings. The van der Waals surface area contributed by atoms with Crippen LogP contribution in [0, 0.1) is 0 Å². The highest BCUT2D eigenvalue weighted by Gasteiger charge is 2.37. The highest BCUT2D eigenvalue weighted by molar-refractivity contribution is 5.99. The van der Waals surface area contributed by atoms with Crippen LogP contribution in [0.15, 0.2) is 273 Å². The second kappa shape index (κ2) is 19.2. The number of hydrogen-bond acceptors (Lipinski definition) is 4. The molecule has 11 aromatic carbocycles. The number of aryl methyl sites for hydroxylation is 1. The summed E-state index contributed by atoms with van der Waals surface area (Å²) in [7, 11) is 0. The molecule has 0 atom stereocenters. The van der Waals surface area contributed by atoms with Gasteiger partial charge in [0.05, 0.1) is 11.4 Å². The number of anilines is 12. The van der Waals surface area contributed by atoms with Crippen molar-refractivity contribution in [2.24, 2.45) is 0 Å². The van der Waals surface area contributed by atoms with Gasteiger partial charge in [-0.15, -0.1) is 0 Å². The molecule has 0 amide bonds. The first-order valence-corrected chi connectivity index (χ1v) is 26.1. The summed E-state index contributed by atoms with van der Waals surface area (Å²) in [6.07, 6.45) is 6.74. The molecule has 0 saturated heterocycles. The van der Waals surface area contributed by atoms with Gasteiger partial charge in [0.2, 0.25) is 0 Å². The molecule has 0 aliphatic heterocycles. The third-order valence-corrected chi connectivity index (χ3v) is 15.2. The molecule has 0 bridgehead atoms. The van der Waals surface area contributed by atoms with E-state index in [4.69, 9.17) is 0 Å². The van der Waals surface area contributed by atoms with Gasteiger partial charge in [0, 0.05) is 73.2 Å². The Hall–Kier alpha value is -9.38. The van der Waals surface area contributed by atoms with Crippen LogP contribution in [0.4, 0.5) is 68.2 Å². The Kier molecular flexibility index (Phi) is 11.7. The summed E-state index contributed by atoms with van der Waals surface area (Å²) in [6, 6.07) is 97.1. The smallest absolute Gasteiger partial charge is 0.0540 e. The molecule has 4 heteroatoms. The lowest BCUT2D eigenvalue weighted by molar-refractivity contribution is 0.660. The maximum Gasteiger partial charge on any atom is 0.0540 e. The van der Waals surface area contributed by atoms with Gasteiger partial charge < -0.3 is 19.6 Å². The monoisotopic (exact) mass is 964 g/mol. The minimum absolute atomic E-state index is 0.288. The quantitative estimate of drug-likeness (QED) is 0.121. The average molecular weight is 965 g/mol. The van der Waals surface area contributed by atoms with Crippen molar-refractivity contribution >= 4 is 85.1 Å². The molecule has 75 heavy (non-hydrogen) atoms. The van der Waals surface area contributed by atoms with Crippen LogP contribution >= 0.6 is 0 Å². The maximum absolute atomic E-state index is 2.43. The van der Waals surface area contributed by atoms with Crippen molar-refractivity contribution < 1.29 is 0 Å². The van der Waals surface area contributed by atoms with E-state index < -0.39 is 0 Å². The van der Waals surface area contributed by atoms with Crippen LogP contribution in [0.5, 0.6) is 0 Å². The van der Waals surface area contributed by atoms with Crippen molar-refractivity contribution in [3.8, 4) is 11.1 Å². The molecule has 360 valence electrons. The van der Waals surface area contributed by atoms with E-state index in [2.05, 4.69) is 313 Å². The van der Waals surface area contributed by atoms with E-state index in [-0.39, 0.29) is 5.41 Å². The van der Waals surface area contributed by atoms with E-state index in [1.165, 1.54) is 49.8 Å². The highest BCUT2D eigenvalue weighted by Crippen LogP contribution is 2.53. The van der Waals surface area contributed by atoms with Crippen molar-refractivity contribution in [3.63, 3.8) is 0 Å².